The molecule has 178 valence electrons. The number of para-hydroxylation sites is 1. The monoisotopic (exact) mass is 476 g/mol. The first-order chi connectivity index (χ1) is 16.5. The fourth-order valence-corrected chi connectivity index (χ4v) is 4.19. The molecule has 3 aromatic carbocycles. The van der Waals surface area contributed by atoms with Crippen LogP contribution in [0, 0.1) is 0 Å². The zero-order valence-corrected chi connectivity index (χ0v) is 20.8. The van der Waals surface area contributed by atoms with Crippen LogP contribution in [-0.4, -0.2) is 12.9 Å². The van der Waals surface area contributed by atoms with Gasteiger partial charge in [0.2, 0.25) is 0 Å². The van der Waals surface area contributed by atoms with E-state index in [-0.39, 0.29) is 0 Å². The van der Waals surface area contributed by atoms with Crippen LogP contribution in [0.3, 0.4) is 0 Å². The van der Waals surface area contributed by atoms with Crippen LogP contribution in [-0.2, 0) is 16.6 Å². The molecule has 4 heteroatoms. The second kappa shape index (κ2) is 13.0. The zero-order valence-electron chi connectivity index (χ0n) is 20.0. The van der Waals surface area contributed by atoms with Crippen molar-refractivity contribution >= 4 is 17.9 Å². The van der Waals surface area contributed by atoms with Crippen molar-refractivity contribution in [2.75, 3.05) is 6.61 Å². The second-order valence-electron chi connectivity index (χ2n) is 8.63. The third-order valence-corrected chi connectivity index (χ3v) is 6.56. The highest BCUT2D eigenvalue weighted by atomic mass is 35.5. The van der Waals surface area contributed by atoms with Crippen LogP contribution in [0.4, 0.5) is 0 Å². The zero-order chi connectivity index (χ0) is 24.2. The molecule has 34 heavy (non-hydrogen) atoms. The first-order valence-corrected chi connectivity index (χ1v) is 12.3. The maximum absolute atomic E-state index is 11.2. The van der Waals surface area contributed by atoms with Gasteiger partial charge in [0.25, 0.3) is 0 Å². The van der Waals surface area contributed by atoms with Gasteiger partial charge in [-0.3, -0.25) is 4.79 Å². The summed E-state index contributed by atoms with van der Waals surface area (Å²) in [5, 5.41) is 0.545. The molecule has 1 unspecified atom stereocenters. The highest BCUT2D eigenvalue weighted by molar-refractivity contribution is 6.31. The number of halogens is 1. The first-order valence-electron chi connectivity index (χ1n) is 11.9. The molecule has 3 rings (SSSR count). The fraction of sp³-hybridized carbons (Fsp3) is 0.300. The van der Waals surface area contributed by atoms with E-state index in [0.29, 0.717) is 11.6 Å². The minimum Gasteiger partial charge on any atom is -0.494 e. The molecule has 0 saturated heterocycles. The van der Waals surface area contributed by atoms with E-state index in [4.69, 9.17) is 21.1 Å². The van der Waals surface area contributed by atoms with Crippen LogP contribution in [0.1, 0.15) is 50.7 Å². The summed E-state index contributed by atoms with van der Waals surface area (Å²) in [5.41, 5.74) is 1.81. The average molecular weight is 477 g/mol. The summed E-state index contributed by atoms with van der Waals surface area (Å²) < 4.78 is 11.8. The molecule has 0 fully saturated rings. The number of carbonyl (C=O) groups is 1. The Hall–Kier alpha value is -3.04. The molecule has 0 saturated carbocycles. The van der Waals surface area contributed by atoms with E-state index >= 15 is 0 Å². The molecule has 0 radical (unpaired) electrons. The quantitative estimate of drug-likeness (QED) is 0.141. The summed E-state index contributed by atoms with van der Waals surface area (Å²) in [5.74, 6) is 2.49. The van der Waals surface area contributed by atoms with Gasteiger partial charge in [-0.15, -0.1) is 0 Å². The smallest absolute Gasteiger partial charge is 0.144 e. The van der Waals surface area contributed by atoms with Crippen LogP contribution in [0.25, 0.3) is 0 Å². The van der Waals surface area contributed by atoms with Crippen molar-refractivity contribution in [2.24, 2.45) is 0 Å². The van der Waals surface area contributed by atoms with Gasteiger partial charge < -0.3 is 9.47 Å². The largest absolute Gasteiger partial charge is 0.494 e. The molecule has 0 aromatic heterocycles. The van der Waals surface area contributed by atoms with Crippen LogP contribution in [0.5, 0.6) is 17.2 Å². The molecule has 0 spiro atoms. The van der Waals surface area contributed by atoms with E-state index in [1.807, 2.05) is 54.6 Å². The van der Waals surface area contributed by atoms with E-state index in [1.165, 1.54) is 11.6 Å². The van der Waals surface area contributed by atoms with E-state index in [0.717, 1.165) is 61.2 Å². The Bertz CT molecular complexity index is 1060. The maximum atomic E-state index is 11.2. The Morgan fingerprint density at radius 1 is 0.912 bits per heavy atom. The minimum absolute atomic E-state index is 0.456. The third kappa shape index (κ3) is 7.23. The Balaban J connectivity index is 1.68. The molecule has 3 nitrogen and oxygen atoms in total. The maximum Gasteiger partial charge on any atom is 0.144 e. The van der Waals surface area contributed by atoms with E-state index < -0.39 is 5.41 Å². The topological polar surface area (TPSA) is 35.5 Å². The lowest BCUT2D eigenvalue weighted by atomic mass is 9.77. The number of ether oxygens (including phenoxy) is 2. The van der Waals surface area contributed by atoms with Gasteiger partial charge in [0.05, 0.1) is 6.61 Å². The number of allylic oxidation sites excluding steroid dienone is 2. The van der Waals surface area contributed by atoms with E-state index in [2.05, 4.69) is 38.1 Å². The number of rotatable bonds is 13. The van der Waals surface area contributed by atoms with Crippen LogP contribution >= 0.6 is 11.6 Å². The lowest BCUT2D eigenvalue weighted by Crippen LogP contribution is -2.23. The number of aldehydes is 1. The van der Waals surface area contributed by atoms with Gasteiger partial charge in [-0.25, -0.2) is 0 Å². The number of carbonyl (C=O) groups excluding carboxylic acids is 1. The van der Waals surface area contributed by atoms with Gasteiger partial charge in [-0.2, -0.15) is 0 Å². The summed E-state index contributed by atoms with van der Waals surface area (Å²) in [7, 11) is 0. The lowest BCUT2D eigenvalue weighted by molar-refractivity contribution is -0.104. The van der Waals surface area contributed by atoms with Crippen molar-refractivity contribution < 1.29 is 14.3 Å². The van der Waals surface area contributed by atoms with Gasteiger partial charge in [0.1, 0.15) is 23.5 Å². The van der Waals surface area contributed by atoms with Crippen LogP contribution < -0.4 is 9.47 Å². The summed E-state index contributed by atoms with van der Waals surface area (Å²) in [6.07, 6.45) is 6.94. The highest BCUT2D eigenvalue weighted by Gasteiger charge is 2.30. The number of hydrogen-bond acceptors (Lipinski definition) is 3. The molecule has 0 amide bonds. The fourth-order valence-electron chi connectivity index (χ4n) is 3.93. The third-order valence-electron chi connectivity index (χ3n) is 6.02. The van der Waals surface area contributed by atoms with Gasteiger partial charge >= 0.3 is 0 Å². The summed E-state index contributed by atoms with van der Waals surface area (Å²) >= 11 is 6.64. The molecule has 0 heterocycles. The normalized spacial score (nSPS) is 13.2. The van der Waals surface area contributed by atoms with Crippen LogP contribution in [0.15, 0.2) is 90.0 Å². The number of benzene rings is 3. The van der Waals surface area contributed by atoms with E-state index in [9.17, 15) is 4.79 Å². The van der Waals surface area contributed by atoms with Crippen molar-refractivity contribution in [3.05, 3.63) is 101 Å². The Morgan fingerprint density at radius 2 is 1.65 bits per heavy atom. The molecule has 0 aliphatic rings. The number of hydrogen-bond donors (Lipinski definition) is 0. The molecular formula is C30H33ClO3. The molecule has 0 aliphatic carbocycles. The predicted octanol–water partition coefficient (Wildman–Crippen LogP) is 8.26. The molecule has 1 atom stereocenters. The van der Waals surface area contributed by atoms with E-state index in [1.54, 1.807) is 0 Å². The Labute approximate surface area is 208 Å². The number of unbranched alkanes of at least 4 members (excludes halogenated alkanes) is 1. The van der Waals surface area contributed by atoms with Gasteiger partial charge in [0.15, 0.2) is 0 Å². The van der Waals surface area contributed by atoms with Crippen molar-refractivity contribution in [3.63, 3.8) is 0 Å². The average Bonchev–Trinajstić information content (AvgIpc) is 2.85. The summed E-state index contributed by atoms with van der Waals surface area (Å²) in [6.45, 7) is 4.95. The minimum atomic E-state index is -0.456. The molecule has 0 aliphatic heterocycles. The standard InChI is InChI=1S/C30H33ClO3/c1-3-4-22-33-26-17-15-25(16-18-26)30(2,29(31)19-21-32)20-9-11-24-10-8-14-28(23-24)34-27-12-6-5-7-13-27/h5-8,10,12-19,21,23H,3-4,9,11,20,22H2,1-2H3. The Morgan fingerprint density at radius 3 is 2.35 bits per heavy atom. The van der Waals surface area contributed by atoms with Gasteiger partial charge in [-0.05, 0) is 79.3 Å². The van der Waals surface area contributed by atoms with Crippen molar-refractivity contribution in [2.45, 2.75) is 51.4 Å². The van der Waals surface area contributed by atoms with Crippen molar-refractivity contribution in [1.82, 2.24) is 0 Å². The molecule has 0 bridgehead atoms. The highest BCUT2D eigenvalue weighted by Crippen LogP contribution is 2.39. The molecule has 0 N–H and O–H groups in total. The van der Waals surface area contributed by atoms with Crippen LogP contribution in [0.2, 0.25) is 0 Å². The number of aryl methyl sites for hydroxylation is 1. The van der Waals surface area contributed by atoms with Crippen molar-refractivity contribution in [3.8, 4) is 17.2 Å². The predicted molar refractivity (Wildman–Crippen MR) is 140 cm³/mol. The van der Waals surface area contributed by atoms with Gasteiger partial charge in [0, 0.05) is 10.4 Å². The summed E-state index contributed by atoms with van der Waals surface area (Å²) in [6, 6.07) is 26.0. The lowest BCUT2D eigenvalue weighted by Gasteiger charge is -2.30. The Kier molecular flexibility index (Phi) is 9.78. The molecule has 3 aromatic rings. The van der Waals surface area contributed by atoms with Crippen molar-refractivity contribution in [1.29, 1.82) is 0 Å². The van der Waals surface area contributed by atoms with Gasteiger partial charge in [-0.1, -0.05) is 74.3 Å². The summed E-state index contributed by atoms with van der Waals surface area (Å²) in [4.78, 5) is 11.2. The SMILES string of the molecule is CCCCOc1ccc(C(C)(CCCc2cccc(Oc3ccccc3)c2)C(Cl)=CC=O)cc1. The second-order valence-corrected chi connectivity index (χ2v) is 9.03. The molecular weight excluding hydrogens is 444 g/mol. The first kappa shape index (κ1) is 25.6.